The first-order valence-corrected chi connectivity index (χ1v) is 12.1. The molecule has 184 valence electrons. The Hall–Kier alpha value is -4.19. The summed E-state index contributed by atoms with van der Waals surface area (Å²) in [5.74, 6) is 0.540. The van der Waals surface area contributed by atoms with E-state index in [0.717, 1.165) is 28.9 Å². The van der Waals surface area contributed by atoms with E-state index in [1.165, 1.54) is 0 Å². The molecule has 0 bridgehead atoms. The minimum Gasteiger partial charge on any atom is -0.493 e. The van der Waals surface area contributed by atoms with E-state index in [4.69, 9.17) is 14.3 Å². The van der Waals surface area contributed by atoms with Crippen LogP contribution in [0.4, 0.5) is 5.69 Å². The van der Waals surface area contributed by atoms with Gasteiger partial charge in [0, 0.05) is 41.0 Å². The maximum Gasteiger partial charge on any atom is 0.303 e. The van der Waals surface area contributed by atoms with Gasteiger partial charge in [0.25, 0.3) is 0 Å². The molecular formula is C27H26N4O5. The van der Waals surface area contributed by atoms with Gasteiger partial charge in [-0.25, -0.2) is 0 Å². The predicted octanol–water partition coefficient (Wildman–Crippen LogP) is 4.26. The van der Waals surface area contributed by atoms with E-state index in [9.17, 15) is 14.9 Å². The van der Waals surface area contributed by atoms with Crippen molar-refractivity contribution in [3.63, 3.8) is 0 Å². The lowest BCUT2D eigenvalue weighted by Crippen LogP contribution is -2.27. The second-order valence-electron chi connectivity index (χ2n) is 9.30. The van der Waals surface area contributed by atoms with Crippen LogP contribution in [0.15, 0.2) is 40.8 Å². The zero-order valence-electron chi connectivity index (χ0n) is 19.9. The van der Waals surface area contributed by atoms with Crippen LogP contribution in [0.25, 0.3) is 11.5 Å². The van der Waals surface area contributed by atoms with Crippen LogP contribution in [0.2, 0.25) is 0 Å². The summed E-state index contributed by atoms with van der Waals surface area (Å²) in [6.45, 7) is 2.48. The number of carboxylic acid groups (broad SMARTS) is 1. The zero-order chi connectivity index (χ0) is 25.3. The lowest BCUT2D eigenvalue weighted by atomic mass is 9.86. The Morgan fingerprint density at radius 1 is 1.25 bits per heavy atom. The Bertz CT molecular complexity index is 1370. The van der Waals surface area contributed by atoms with Crippen molar-refractivity contribution >= 4 is 17.6 Å². The summed E-state index contributed by atoms with van der Waals surface area (Å²) >= 11 is 0. The minimum atomic E-state index is -0.863. The highest BCUT2D eigenvalue weighted by molar-refractivity contribution is 5.97. The van der Waals surface area contributed by atoms with Crippen LogP contribution in [0.5, 0.6) is 5.75 Å². The third kappa shape index (κ3) is 4.42. The number of nitriles is 1. The van der Waals surface area contributed by atoms with E-state index in [1.54, 1.807) is 18.2 Å². The van der Waals surface area contributed by atoms with Crippen LogP contribution in [-0.2, 0) is 27.8 Å². The average molecular weight is 487 g/mol. The van der Waals surface area contributed by atoms with Gasteiger partial charge in [-0.2, -0.15) is 5.26 Å². The highest BCUT2D eigenvalue weighted by Crippen LogP contribution is 2.61. The summed E-state index contributed by atoms with van der Waals surface area (Å²) in [6, 6.07) is 13.0. The van der Waals surface area contributed by atoms with Gasteiger partial charge in [0.05, 0.1) is 18.2 Å². The van der Waals surface area contributed by atoms with Crippen LogP contribution in [0.3, 0.4) is 0 Å². The molecule has 1 aliphatic carbocycles. The lowest BCUT2D eigenvalue weighted by Gasteiger charge is -2.27. The van der Waals surface area contributed by atoms with Gasteiger partial charge >= 0.3 is 5.97 Å². The van der Waals surface area contributed by atoms with Gasteiger partial charge in [-0.15, -0.1) is 10.2 Å². The Morgan fingerprint density at radius 2 is 2.11 bits per heavy atom. The second-order valence-corrected chi connectivity index (χ2v) is 9.30. The van der Waals surface area contributed by atoms with E-state index in [-0.39, 0.29) is 23.7 Å². The van der Waals surface area contributed by atoms with Crippen molar-refractivity contribution < 1.29 is 23.8 Å². The van der Waals surface area contributed by atoms with Crippen molar-refractivity contribution in [2.75, 3.05) is 11.9 Å². The number of anilines is 1. The van der Waals surface area contributed by atoms with Crippen LogP contribution in [0.1, 0.15) is 55.2 Å². The molecule has 9 heteroatoms. The third-order valence-electron chi connectivity index (χ3n) is 7.06. The van der Waals surface area contributed by atoms with E-state index < -0.39 is 5.97 Å². The maximum atomic E-state index is 13.4. The lowest BCUT2D eigenvalue weighted by molar-refractivity contribution is -0.137. The molecule has 1 spiro atoms. The van der Waals surface area contributed by atoms with Gasteiger partial charge in [-0.3, -0.25) is 9.59 Å². The van der Waals surface area contributed by atoms with Crippen molar-refractivity contribution in [2.24, 2.45) is 5.92 Å². The smallest absolute Gasteiger partial charge is 0.303 e. The number of nitrogens with one attached hydrogen (secondary N) is 1. The molecule has 2 heterocycles. The van der Waals surface area contributed by atoms with Crippen LogP contribution >= 0.6 is 0 Å². The maximum absolute atomic E-state index is 13.4. The predicted molar refractivity (Wildman–Crippen MR) is 129 cm³/mol. The first kappa shape index (κ1) is 23.5. The Morgan fingerprint density at radius 3 is 2.86 bits per heavy atom. The van der Waals surface area contributed by atoms with Gasteiger partial charge in [0.15, 0.2) is 0 Å². The fraction of sp³-hybridized carbons (Fsp3) is 0.370. The molecule has 1 amide bonds. The number of hydrogen-bond acceptors (Lipinski definition) is 7. The molecule has 2 aromatic carbocycles. The van der Waals surface area contributed by atoms with Crippen molar-refractivity contribution in [3.8, 4) is 23.3 Å². The summed E-state index contributed by atoms with van der Waals surface area (Å²) in [6.07, 6.45) is 3.04. The number of ether oxygens (including phenoxy) is 1. The van der Waals surface area contributed by atoms with Gasteiger partial charge in [-0.05, 0) is 61.6 Å². The van der Waals surface area contributed by atoms with Crippen LogP contribution < -0.4 is 10.1 Å². The van der Waals surface area contributed by atoms with Gasteiger partial charge in [-0.1, -0.05) is 13.0 Å². The molecule has 5 rings (SSSR count). The second kappa shape index (κ2) is 9.46. The number of carboxylic acids is 1. The standard InChI is InChI=1S/C27H26N4O5/c1-2-23-30-31-26(36-23)18-8-9-22-19(13-18)27(10-11-35-22)14-20(27)25(34)29-21-12-16(15-28)6-7-17(21)4-3-5-24(32)33/h6-9,12-13,20H,2-5,10-11,14H2,1H3,(H,29,34)(H,32,33)/t20-,27-/m0/s1. The molecule has 2 N–H and O–H groups in total. The number of aliphatic carboxylic acids is 1. The number of carbonyl (C=O) groups excluding carboxylic acids is 1. The molecule has 1 fully saturated rings. The normalized spacial score (nSPS) is 19.7. The third-order valence-corrected chi connectivity index (χ3v) is 7.06. The van der Waals surface area contributed by atoms with E-state index in [0.29, 0.717) is 55.3 Å². The number of nitrogens with zero attached hydrogens (tertiary/aromatic N) is 3. The van der Waals surface area contributed by atoms with E-state index in [1.807, 2.05) is 25.1 Å². The molecule has 2 atom stereocenters. The average Bonchev–Trinajstić information content (AvgIpc) is 3.38. The van der Waals surface area contributed by atoms with Crippen molar-refractivity contribution in [1.29, 1.82) is 5.26 Å². The van der Waals surface area contributed by atoms with Gasteiger partial charge in [0.1, 0.15) is 5.75 Å². The van der Waals surface area contributed by atoms with Gasteiger partial charge < -0.3 is 19.6 Å². The molecule has 9 nitrogen and oxygen atoms in total. The molecule has 2 aliphatic rings. The van der Waals surface area contributed by atoms with E-state index in [2.05, 4.69) is 21.6 Å². The van der Waals surface area contributed by atoms with Crippen molar-refractivity contribution in [3.05, 3.63) is 59.0 Å². The summed E-state index contributed by atoms with van der Waals surface area (Å²) < 4.78 is 11.6. The minimum absolute atomic E-state index is 0.0397. The summed E-state index contributed by atoms with van der Waals surface area (Å²) in [5.41, 5.74) is 3.23. The van der Waals surface area contributed by atoms with Gasteiger partial charge in [0.2, 0.25) is 17.7 Å². The monoisotopic (exact) mass is 486 g/mol. The summed E-state index contributed by atoms with van der Waals surface area (Å²) in [4.78, 5) is 24.3. The molecule has 0 radical (unpaired) electrons. The highest BCUT2D eigenvalue weighted by atomic mass is 16.5. The first-order chi connectivity index (χ1) is 17.4. The SMILES string of the molecule is CCc1nnc(-c2ccc3c(c2)[C@]2(CCO3)C[C@H]2C(=O)Nc2cc(C#N)ccc2CCCC(=O)O)o1. The van der Waals surface area contributed by atoms with Crippen molar-refractivity contribution in [2.45, 2.75) is 50.9 Å². The molecule has 36 heavy (non-hydrogen) atoms. The number of benzene rings is 2. The quantitative estimate of drug-likeness (QED) is 0.482. The van der Waals surface area contributed by atoms with E-state index >= 15 is 0 Å². The molecule has 1 aromatic heterocycles. The molecule has 1 saturated carbocycles. The molecule has 3 aromatic rings. The Balaban J connectivity index is 1.38. The topological polar surface area (TPSA) is 138 Å². The molecule has 0 saturated heterocycles. The number of amides is 1. The van der Waals surface area contributed by atoms with Crippen molar-refractivity contribution in [1.82, 2.24) is 10.2 Å². The Labute approximate surface area is 208 Å². The molecule has 1 aliphatic heterocycles. The van der Waals surface area contributed by atoms with Crippen LogP contribution in [-0.4, -0.2) is 33.8 Å². The number of aromatic nitrogens is 2. The number of aryl methyl sites for hydroxylation is 2. The summed E-state index contributed by atoms with van der Waals surface area (Å²) in [7, 11) is 0. The number of rotatable bonds is 8. The fourth-order valence-corrected chi connectivity index (χ4v) is 5.02. The zero-order valence-corrected chi connectivity index (χ0v) is 19.9. The van der Waals surface area contributed by atoms with Crippen LogP contribution in [0, 0.1) is 17.2 Å². The number of carbonyl (C=O) groups is 2. The number of fused-ring (bicyclic) bond motifs is 2. The first-order valence-electron chi connectivity index (χ1n) is 12.1. The number of hydrogen-bond donors (Lipinski definition) is 2. The molecular weight excluding hydrogens is 460 g/mol. The largest absolute Gasteiger partial charge is 0.493 e. The fourth-order valence-electron chi connectivity index (χ4n) is 5.02. The summed E-state index contributed by atoms with van der Waals surface area (Å²) in [5, 5.41) is 29.5. The highest BCUT2D eigenvalue weighted by Gasteiger charge is 2.61. The molecule has 0 unspecified atom stereocenters. The Kier molecular flexibility index (Phi) is 6.18.